The molecule has 1 aromatic heterocycles. The molecule has 4 N–H and O–H groups in total. The van der Waals surface area contributed by atoms with Crippen molar-refractivity contribution in [2.45, 2.75) is 6.61 Å². The van der Waals surface area contributed by atoms with Gasteiger partial charge in [0.25, 0.3) is 11.8 Å². The first-order valence-corrected chi connectivity index (χ1v) is 9.21. The topological polar surface area (TPSA) is 133 Å². The van der Waals surface area contributed by atoms with Crippen LogP contribution in [0.15, 0.2) is 23.3 Å². The molecule has 2 aromatic rings. The molecule has 164 valence electrons. The van der Waals surface area contributed by atoms with Gasteiger partial charge in [-0.1, -0.05) is 34.8 Å². The number of alkyl halides is 2. The fraction of sp³-hybridized carbons (Fsp3) is 0.133. The number of benzene rings is 1. The molecule has 31 heavy (non-hydrogen) atoms. The number of nitrogens with one attached hydrogen (secondary N) is 4. The van der Waals surface area contributed by atoms with Crippen molar-refractivity contribution < 1.29 is 23.1 Å². The zero-order chi connectivity index (χ0) is 22.7. The number of hydrazine groups is 2. The van der Waals surface area contributed by atoms with Gasteiger partial charge in [0, 0.05) is 7.05 Å². The third-order valence-electron chi connectivity index (χ3n) is 3.69. The van der Waals surface area contributed by atoms with E-state index in [1.807, 2.05) is 0 Å². The van der Waals surface area contributed by atoms with E-state index in [2.05, 4.69) is 41.7 Å². The maximum atomic E-state index is 12.8. The van der Waals surface area contributed by atoms with E-state index >= 15 is 0 Å². The Morgan fingerprint density at radius 1 is 1.13 bits per heavy atom. The average Bonchev–Trinajstić information content (AvgIpc) is 3.10. The molecular formula is C15H11Cl3F2N8O3. The smallest absolute Gasteiger partial charge is 0.387 e. The van der Waals surface area contributed by atoms with Crippen molar-refractivity contribution in [2.24, 2.45) is 5.10 Å². The van der Waals surface area contributed by atoms with E-state index in [-0.39, 0.29) is 32.4 Å². The summed E-state index contributed by atoms with van der Waals surface area (Å²) in [6, 6.07) is 3.29. The second-order valence-corrected chi connectivity index (χ2v) is 6.80. The number of hydrogen-bond donors (Lipinski definition) is 4. The number of ether oxygens (including phenoxy) is 1. The summed E-state index contributed by atoms with van der Waals surface area (Å²) < 4.78 is 30.1. The van der Waals surface area contributed by atoms with Crippen LogP contribution in [0.2, 0.25) is 15.3 Å². The van der Waals surface area contributed by atoms with E-state index < -0.39 is 29.9 Å². The molecule has 3 rings (SSSR count). The molecule has 1 aromatic carbocycles. The lowest BCUT2D eigenvalue weighted by Gasteiger charge is -2.17. The predicted octanol–water partition coefficient (Wildman–Crippen LogP) is 2.25. The summed E-state index contributed by atoms with van der Waals surface area (Å²) in [7, 11) is 1.56. The molecule has 0 radical (unpaired) electrons. The van der Waals surface area contributed by atoms with Crippen LogP contribution in [0.1, 0.15) is 20.7 Å². The minimum absolute atomic E-state index is 0.101. The number of guanidine groups is 1. The molecule has 2 heterocycles. The van der Waals surface area contributed by atoms with E-state index in [1.54, 1.807) is 7.05 Å². The van der Waals surface area contributed by atoms with E-state index in [1.165, 1.54) is 5.01 Å². The van der Waals surface area contributed by atoms with Crippen molar-refractivity contribution in [2.75, 3.05) is 12.4 Å². The maximum Gasteiger partial charge on any atom is 0.387 e. The number of carbonyl (C=O) groups is 2. The quantitative estimate of drug-likeness (QED) is 0.496. The Morgan fingerprint density at radius 3 is 2.48 bits per heavy atom. The minimum atomic E-state index is -3.23. The zero-order valence-corrected chi connectivity index (χ0v) is 17.5. The second-order valence-electron chi connectivity index (χ2n) is 5.68. The Morgan fingerprint density at radius 2 is 1.84 bits per heavy atom. The number of hydrazone groups is 1. The van der Waals surface area contributed by atoms with Crippen molar-refractivity contribution in [1.29, 1.82) is 0 Å². The molecule has 0 unspecified atom stereocenters. The molecule has 0 fully saturated rings. The highest BCUT2D eigenvalue weighted by atomic mass is 35.5. The van der Waals surface area contributed by atoms with Gasteiger partial charge in [0.2, 0.25) is 5.96 Å². The van der Waals surface area contributed by atoms with Crippen molar-refractivity contribution in [1.82, 2.24) is 31.6 Å². The SMILES string of the molecule is CN1NNN=C1NC(=O)c1ccc(OC(F)F)c(NC(=O)c2cc(Cl)nnc2Cl)c1Cl. The van der Waals surface area contributed by atoms with Crippen LogP contribution in [0.5, 0.6) is 5.75 Å². The van der Waals surface area contributed by atoms with E-state index in [9.17, 15) is 18.4 Å². The highest BCUT2D eigenvalue weighted by molar-refractivity contribution is 6.38. The van der Waals surface area contributed by atoms with Crippen LogP contribution in [0.3, 0.4) is 0 Å². The van der Waals surface area contributed by atoms with Crippen LogP contribution >= 0.6 is 34.8 Å². The molecule has 11 nitrogen and oxygen atoms in total. The van der Waals surface area contributed by atoms with E-state index in [0.29, 0.717) is 0 Å². The summed E-state index contributed by atoms with van der Waals surface area (Å²) >= 11 is 17.8. The molecule has 0 atom stereocenters. The Labute approximate surface area is 187 Å². The zero-order valence-electron chi connectivity index (χ0n) is 15.2. The first-order valence-electron chi connectivity index (χ1n) is 8.08. The van der Waals surface area contributed by atoms with Crippen molar-refractivity contribution in [3.63, 3.8) is 0 Å². The summed E-state index contributed by atoms with van der Waals surface area (Å²) in [6.45, 7) is -3.23. The van der Waals surface area contributed by atoms with Crippen LogP contribution in [0.25, 0.3) is 0 Å². The standard InChI is InChI=1S/C15H11Cl3F2N8O3/c1-28-15(25-26-27-28)22-12(29)5-2-3-7(31-14(19)20)10(9(5)17)21-13(30)6-4-8(16)23-24-11(6)18/h2-4,14,26-27H,1H3,(H,21,30)(H,22,25,29). The van der Waals surface area contributed by atoms with Gasteiger partial charge in [-0.2, -0.15) is 8.78 Å². The third kappa shape index (κ3) is 5.19. The van der Waals surface area contributed by atoms with Gasteiger partial charge >= 0.3 is 6.61 Å². The van der Waals surface area contributed by atoms with Crippen molar-refractivity contribution in [3.05, 3.63) is 44.7 Å². The van der Waals surface area contributed by atoms with Gasteiger partial charge in [-0.15, -0.1) is 20.8 Å². The summed E-state index contributed by atoms with van der Waals surface area (Å²) in [5, 5.41) is 16.0. The molecule has 1 aliphatic rings. The molecular weight excluding hydrogens is 485 g/mol. The molecule has 0 aliphatic carbocycles. The number of amides is 2. The van der Waals surface area contributed by atoms with Crippen molar-refractivity contribution >= 4 is 58.3 Å². The lowest BCUT2D eigenvalue weighted by molar-refractivity contribution is -0.0493. The van der Waals surface area contributed by atoms with Crippen LogP contribution in [-0.4, -0.2) is 46.6 Å². The van der Waals surface area contributed by atoms with Gasteiger partial charge in [-0.05, 0) is 18.2 Å². The van der Waals surface area contributed by atoms with Gasteiger partial charge in [0.15, 0.2) is 16.1 Å². The Kier molecular flexibility index (Phi) is 6.90. The molecule has 2 amide bonds. The molecule has 1 aliphatic heterocycles. The normalized spacial score (nSPS) is 13.0. The highest BCUT2D eigenvalue weighted by Crippen LogP contribution is 2.37. The number of hydrogen-bond acceptors (Lipinski definition) is 9. The fourth-order valence-corrected chi connectivity index (χ4v) is 2.91. The van der Waals surface area contributed by atoms with Crippen LogP contribution in [0.4, 0.5) is 14.5 Å². The summed E-state index contributed by atoms with van der Waals surface area (Å²) in [5.74, 6) is -2.04. The summed E-state index contributed by atoms with van der Waals surface area (Å²) in [4.78, 5) is 25.2. The lowest BCUT2D eigenvalue weighted by Crippen LogP contribution is -2.45. The summed E-state index contributed by atoms with van der Waals surface area (Å²) in [5.41, 5.74) is 4.20. The second kappa shape index (κ2) is 9.43. The van der Waals surface area contributed by atoms with Gasteiger partial charge in [-0.3, -0.25) is 19.9 Å². The minimum Gasteiger partial charge on any atom is -0.433 e. The van der Waals surface area contributed by atoms with E-state index in [0.717, 1.165) is 18.2 Å². The van der Waals surface area contributed by atoms with Crippen LogP contribution in [0, 0.1) is 0 Å². The Hall–Kier alpha value is -3.00. The first-order chi connectivity index (χ1) is 14.7. The maximum absolute atomic E-state index is 12.8. The van der Waals surface area contributed by atoms with E-state index in [4.69, 9.17) is 34.8 Å². The summed E-state index contributed by atoms with van der Waals surface area (Å²) in [6.07, 6.45) is 0. The predicted molar refractivity (Wildman–Crippen MR) is 107 cm³/mol. The largest absolute Gasteiger partial charge is 0.433 e. The first kappa shape index (κ1) is 22.7. The molecule has 0 bridgehead atoms. The van der Waals surface area contributed by atoms with Gasteiger partial charge in [-0.25, -0.2) is 5.53 Å². The van der Waals surface area contributed by atoms with Crippen molar-refractivity contribution in [3.8, 4) is 5.75 Å². The Balaban J connectivity index is 1.96. The molecule has 0 saturated heterocycles. The van der Waals surface area contributed by atoms with Gasteiger partial charge in [0.05, 0.1) is 16.1 Å². The fourth-order valence-electron chi connectivity index (χ4n) is 2.30. The molecule has 16 heteroatoms. The van der Waals surface area contributed by atoms with Gasteiger partial charge < -0.3 is 10.1 Å². The monoisotopic (exact) mass is 494 g/mol. The third-order valence-corrected chi connectivity index (χ3v) is 4.55. The van der Waals surface area contributed by atoms with Gasteiger partial charge in [0.1, 0.15) is 5.69 Å². The number of nitrogens with zero attached hydrogens (tertiary/aromatic N) is 4. The molecule has 0 spiro atoms. The highest BCUT2D eigenvalue weighted by Gasteiger charge is 2.25. The number of rotatable bonds is 5. The molecule has 0 saturated carbocycles. The number of anilines is 1. The lowest BCUT2D eigenvalue weighted by atomic mass is 10.1. The van der Waals surface area contributed by atoms with Crippen LogP contribution in [-0.2, 0) is 0 Å². The number of halogens is 5. The van der Waals surface area contributed by atoms with Crippen LogP contribution < -0.4 is 26.4 Å². The number of carbonyl (C=O) groups excluding carboxylic acids is 2. The Bertz CT molecular complexity index is 1070. The number of aromatic nitrogens is 2. The average molecular weight is 496 g/mol.